The van der Waals surface area contributed by atoms with Gasteiger partial charge in [-0.3, -0.25) is 0 Å². The largest absolute Gasteiger partial charge is 0.423 e. The lowest BCUT2D eigenvalue weighted by atomic mass is 10.1. The van der Waals surface area contributed by atoms with Crippen molar-refractivity contribution in [2.24, 2.45) is 0 Å². The van der Waals surface area contributed by atoms with Crippen LogP contribution in [0.5, 0.6) is 0 Å². The van der Waals surface area contributed by atoms with Crippen molar-refractivity contribution in [1.29, 1.82) is 0 Å². The van der Waals surface area contributed by atoms with Crippen molar-refractivity contribution in [1.82, 2.24) is 10.2 Å². The molecule has 0 spiro atoms. The minimum absolute atomic E-state index is 0.314. The second-order valence-electron chi connectivity index (χ2n) is 4.47. The first kappa shape index (κ1) is 13.3. The van der Waals surface area contributed by atoms with Crippen molar-refractivity contribution in [3.05, 3.63) is 50.8 Å². The van der Waals surface area contributed by atoms with Gasteiger partial charge in [0.25, 0.3) is 0 Å². The lowest BCUT2D eigenvalue weighted by Crippen LogP contribution is -2.00. The fourth-order valence-corrected chi connectivity index (χ4v) is 3.74. The quantitative estimate of drug-likeness (QED) is 0.547. The molecule has 6 heteroatoms. The average Bonchev–Trinajstić information content (AvgIpc) is 2.82. The third-order valence-corrected chi connectivity index (χ3v) is 4.86. The molecule has 0 aliphatic carbocycles. The first-order chi connectivity index (χ1) is 9.61. The van der Waals surface area contributed by atoms with Gasteiger partial charge in [0.05, 0.1) is 0 Å². The van der Waals surface area contributed by atoms with Crippen LogP contribution in [-0.4, -0.2) is 10.2 Å². The molecule has 2 heterocycles. The summed E-state index contributed by atoms with van der Waals surface area (Å²) in [5.41, 5.74) is 2.43. The Morgan fingerprint density at radius 1 is 1.25 bits per heavy atom. The molecule has 20 heavy (non-hydrogen) atoms. The lowest BCUT2D eigenvalue weighted by Gasteiger charge is -2.04. The molecule has 0 amide bonds. The zero-order chi connectivity index (χ0) is 14.1. The molecule has 0 unspecified atom stereocenters. The van der Waals surface area contributed by atoms with Crippen molar-refractivity contribution in [2.45, 2.75) is 23.9 Å². The number of hydrogen-bond acceptors (Lipinski definition) is 6. The molecule has 3 aromatic rings. The Labute approximate surface area is 123 Å². The Hall–Kier alpha value is -1.66. The Morgan fingerprint density at radius 2 is 2.10 bits per heavy atom. The number of fused-ring (bicyclic) bond motifs is 1. The molecule has 3 rings (SSSR count). The maximum absolute atomic E-state index is 11.6. The highest BCUT2D eigenvalue weighted by molar-refractivity contribution is 8.00. The molecule has 0 aliphatic rings. The molecule has 0 aliphatic heterocycles. The average molecular weight is 304 g/mol. The van der Waals surface area contributed by atoms with Crippen LogP contribution in [0.25, 0.3) is 11.0 Å². The molecule has 4 nitrogen and oxygen atoms in total. The van der Waals surface area contributed by atoms with Crippen LogP contribution >= 0.6 is 23.1 Å². The molecule has 1 aromatic carbocycles. The number of thioether (sulfide) groups is 1. The van der Waals surface area contributed by atoms with E-state index in [4.69, 9.17) is 4.42 Å². The summed E-state index contributed by atoms with van der Waals surface area (Å²) < 4.78 is 6.14. The monoisotopic (exact) mass is 304 g/mol. The van der Waals surface area contributed by atoms with Gasteiger partial charge in [-0.1, -0.05) is 34.7 Å². The van der Waals surface area contributed by atoms with Crippen LogP contribution in [0.15, 0.2) is 37.8 Å². The number of nitrogens with zero attached hydrogens (tertiary/aromatic N) is 2. The fourth-order valence-electron chi connectivity index (χ4n) is 1.94. The molecule has 0 saturated heterocycles. The van der Waals surface area contributed by atoms with Gasteiger partial charge in [0, 0.05) is 17.2 Å². The molecular weight excluding hydrogens is 292 g/mol. The zero-order valence-corrected chi connectivity index (χ0v) is 12.7. The Balaban J connectivity index is 1.97. The van der Waals surface area contributed by atoms with Gasteiger partial charge < -0.3 is 4.42 Å². The second kappa shape index (κ2) is 5.38. The highest BCUT2D eigenvalue weighted by Gasteiger charge is 2.08. The lowest BCUT2D eigenvalue weighted by molar-refractivity contribution is 0.559. The van der Waals surface area contributed by atoms with Crippen LogP contribution in [0.1, 0.15) is 16.1 Å². The highest BCUT2D eigenvalue weighted by Crippen LogP contribution is 2.28. The summed E-state index contributed by atoms with van der Waals surface area (Å²) >= 11 is 3.15. The van der Waals surface area contributed by atoms with Gasteiger partial charge in [0.15, 0.2) is 4.34 Å². The van der Waals surface area contributed by atoms with Gasteiger partial charge in [-0.2, -0.15) is 0 Å². The Bertz CT molecular complexity index is 823. The minimum Gasteiger partial charge on any atom is -0.423 e. The summed E-state index contributed by atoms with van der Waals surface area (Å²) in [5, 5.41) is 10.0. The van der Waals surface area contributed by atoms with E-state index < -0.39 is 0 Å². The van der Waals surface area contributed by atoms with Crippen molar-refractivity contribution in [2.75, 3.05) is 0 Å². The summed E-state index contributed by atoms with van der Waals surface area (Å²) in [4.78, 5) is 11.6. The summed E-state index contributed by atoms with van der Waals surface area (Å²) in [6.45, 7) is 3.95. The highest BCUT2D eigenvalue weighted by atomic mass is 32.2. The van der Waals surface area contributed by atoms with Crippen molar-refractivity contribution < 1.29 is 4.42 Å². The van der Waals surface area contributed by atoms with Crippen LogP contribution in [0, 0.1) is 13.8 Å². The predicted octanol–water partition coefficient (Wildman–Crippen LogP) is 3.55. The van der Waals surface area contributed by atoms with Gasteiger partial charge in [0.1, 0.15) is 10.6 Å². The van der Waals surface area contributed by atoms with E-state index in [-0.39, 0.29) is 5.63 Å². The van der Waals surface area contributed by atoms with Crippen LogP contribution in [0.2, 0.25) is 0 Å². The van der Waals surface area contributed by atoms with Gasteiger partial charge in [0.2, 0.25) is 0 Å². The first-order valence-corrected chi connectivity index (χ1v) is 7.88. The van der Waals surface area contributed by atoms with Crippen LogP contribution in [-0.2, 0) is 5.75 Å². The predicted molar refractivity (Wildman–Crippen MR) is 81.4 cm³/mol. The topological polar surface area (TPSA) is 56.0 Å². The molecule has 0 bridgehead atoms. The number of benzene rings is 1. The maximum atomic E-state index is 11.6. The number of rotatable bonds is 3. The standard InChI is InChI=1S/C14H12N2O2S2/c1-8-3-4-12-11(5-8)10(6-13(17)18-12)7-19-14-16-15-9(2)20-14/h3-6H,7H2,1-2H3. The molecular formula is C14H12N2O2S2. The molecule has 2 aromatic heterocycles. The van der Waals surface area contributed by atoms with Crippen LogP contribution in [0.4, 0.5) is 0 Å². The van der Waals surface area contributed by atoms with Crippen molar-refractivity contribution >= 4 is 34.1 Å². The summed E-state index contributed by atoms with van der Waals surface area (Å²) in [7, 11) is 0. The first-order valence-electron chi connectivity index (χ1n) is 6.08. The zero-order valence-electron chi connectivity index (χ0n) is 11.0. The second-order valence-corrected chi connectivity index (χ2v) is 6.87. The van der Waals surface area contributed by atoms with E-state index in [1.165, 1.54) is 0 Å². The number of hydrogen-bond donors (Lipinski definition) is 0. The third-order valence-electron chi connectivity index (χ3n) is 2.84. The van der Waals surface area contributed by atoms with E-state index >= 15 is 0 Å². The molecule has 0 radical (unpaired) electrons. The normalized spacial score (nSPS) is 11.1. The van der Waals surface area contributed by atoms with Crippen molar-refractivity contribution in [3.8, 4) is 0 Å². The van der Waals surface area contributed by atoms with E-state index in [9.17, 15) is 4.79 Å². The van der Waals surface area contributed by atoms with Gasteiger partial charge >= 0.3 is 5.63 Å². The van der Waals surface area contributed by atoms with E-state index in [0.717, 1.165) is 25.9 Å². The summed E-state index contributed by atoms with van der Waals surface area (Å²) in [6.07, 6.45) is 0. The van der Waals surface area contributed by atoms with Gasteiger partial charge in [-0.25, -0.2) is 4.79 Å². The number of aryl methyl sites for hydroxylation is 2. The molecule has 0 fully saturated rings. The van der Waals surface area contributed by atoms with Gasteiger partial charge in [-0.05, 0) is 31.5 Å². The van der Waals surface area contributed by atoms with E-state index in [1.54, 1.807) is 29.2 Å². The summed E-state index contributed by atoms with van der Waals surface area (Å²) in [6, 6.07) is 7.38. The maximum Gasteiger partial charge on any atom is 0.336 e. The van der Waals surface area contributed by atoms with Gasteiger partial charge in [-0.15, -0.1) is 10.2 Å². The molecule has 0 saturated carbocycles. The van der Waals surface area contributed by atoms with E-state index in [1.807, 2.05) is 32.0 Å². The van der Waals surface area contributed by atoms with E-state index in [2.05, 4.69) is 10.2 Å². The van der Waals surface area contributed by atoms with Crippen LogP contribution < -0.4 is 5.63 Å². The van der Waals surface area contributed by atoms with Crippen molar-refractivity contribution in [3.63, 3.8) is 0 Å². The van der Waals surface area contributed by atoms with Crippen LogP contribution in [0.3, 0.4) is 0 Å². The molecule has 102 valence electrons. The fraction of sp³-hybridized carbons (Fsp3) is 0.214. The molecule has 0 N–H and O–H groups in total. The smallest absolute Gasteiger partial charge is 0.336 e. The number of aromatic nitrogens is 2. The Morgan fingerprint density at radius 3 is 2.85 bits per heavy atom. The molecule has 0 atom stereocenters. The summed E-state index contributed by atoms with van der Waals surface area (Å²) in [5.74, 6) is 0.681. The van der Waals surface area contributed by atoms with E-state index in [0.29, 0.717) is 11.3 Å². The Kier molecular flexibility index (Phi) is 3.58. The minimum atomic E-state index is -0.314. The third kappa shape index (κ3) is 2.76. The SMILES string of the molecule is Cc1ccc2oc(=O)cc(CSc3nnc(C)s3)c2c1.